The van der Waals surface area contributed by atoms with Gasteiger partial charge in [0.15, 0.2) is 11.5 Å². The molecule has 2 aliphatic heterocycles. The molecule has 262 valence electrons. The van der Waals surface area contributed by atoms with Crippen LogP contribution in [0.5, 0.6) is 11.5 Å². The van der Waals surface area contributed by atoms with E-state index in [1.54, 1.807) is 36.1 Å². The fourth-order valence-corrected chi connectivity index (χ4v) is 6.15. The van der Waals surface area contributed by atoms with Crippen molar-refractivity contribution >= 4 is 34.7 Å². The second kappa shape index (κ2) is 14.7. The van der Waals surface area contributed by atoms with Crippen LogP contribution in [0.15, 0.2) is 59.0 Å². The van der Waals surface area contributed by atoms with Crippen LogP contribution in [-0.4, -0.2) is 83.3 Å². The summed E-state index contributed by atoms with van der Waals surface area (Å²) in [6.07, 6.45) is -0.0788. The van der Waals surface area contributed by atoms with Crippen molar-refractivity contribution in [1.29, 1.82) is 0 Å². The maximum atomic E-state index is 14.9. The van der Waals surface area contributed by atoms with Gasteiger partial charge in [-0.25, -0.2) is 9.37 Å². The molecule has 0 radical (unpaired) electrons. The predicted octanol–water partition coefficient (Wildman–Crippen LogP) is 4.85. The lowest BCUT2D eigenvalue weighted by Crippen LogP contribution is -2.49. The van der Waals surface area contributed by atoms with Crippen molar-refractivity contribution in [2.45, 2.75) is 52.9 Å². The van der Waals surface area contributed by atoms with Gasteiger partial charge >= 0.3 is 0 Å². The number of carbonyl (C=O) groups is 4. The standard InChI is InChI=1S/C37H40FN5O7/c1-5-8-42-19-34(44)41-31-17-43(36(46)24-6-7-30-32(14-24)49-22(4)40-30)18-33(31)48-20-23-9-27(38)15-28(10-23)50-29-12-25(11-26(13-29)37(42)47)35(45)39-16-21(2)3/h6-7,9-15,21,31,33H,5,8,16-20H2,1-4H3,(H,39,45)(H,41,44)/t31-,33-/m1/s1. The minimum absolute atomic E-state index is 0.0418. The van der Waals surface area contributed by atoms with Gasteiger partial charge in [-0.15, -0.1) is 0 Å². The fourth-order valence-electron chi connectivity index (χ4n) is 6.15. The highest BCUT2D eigenvalue weighted by atomic mass is 19.1. The first-order chi connectivity index (χ1) is 23.9. The molecule has 2 atom stereocenters. The van der Waals surface area contributed by atoms with Gasteiger partial charge in [-0.05, 0) is 66.4 Å². The molecule has 3 aromatic carbocycles. The number of carbonyl (C=O) groups excluding carboxylic acids is 4. The molecular weight excluding hydrogens is 645 g/mol. The lowest BCUT2D eigenvalue weighted by Gasteiger charge is -2.25. The maximum absolute atomic E-state index is 14.9. The van der Waals surface area contributed by atoms with E-state index in [0.717, 1.165) is 0 Å². The van der Waals surface area contributed by atoms with E-state index in [4.69, 9.17) is 13.9 Å². The number of rotatable bonds is 6. The Morgan fingerprint density at radius 3 is 2.62 bits per heavy atom. The molecule has 1 fully saturated rings. The molecule has 0 aliphatic carbocycles. The topological polar surface area (TPSA) is 143 Å². The lowest BCUT2D eigenvalue weighted by atomic mass is 10.1. The molecular formula is C37H40FN5O7. The first kappa shape index (κ1) is 34.6. The van der Waals surface area contributed by atoms with Crippen LogP contribution >= 0.6 is 0 Å². The van der Waals surface area contributed by atoms with Crippen molar-refractivity contribution in [3.63, 3.8) is 0 Å². The van der Waals surface area contributed by atoms with Crippen LogP contribution in [-0.2, 0) is 16.1 Å². The molecule has 0 unspecified atom stereocenters. The Morgan fingerprint density at radius 2 is 1.84 bits per heavy atom. The number of likely N-dealkylation sites (tertiary alicyclic amines) is 1. The first-order valence-electron chi connectivity index (χ1n) is 16.7. The zero-order valence-electron chi connectivity index (χ0n) is 28.5. The Balaban J connectivity index is 1.31. The van der Waals surface area contributed by atoms with Crippen molar-refractivity contribution in [2.24, 2.45) is 5.92 Å². The van der Waals surface area contributed by atoms with E-state index in [1.807, 2.05) is 20.8 Å². The fraction of sp³-hybridized carbons (Fsp3) is 0.378. The van der Waals surface area contributed by atoms with E-state index < -0.39 is 35.7 Å². The van der Waals surface area contributed by atoms with Gasteiger partial charge < -0.3 is 34.3 Å². The Hall–Kier alpha value is -5.30. The molecule has 2 N–H and O–H groups in total. The van der Waals surface area contributed by atoms with Crippen LogP contribution in [0.25, 0.3) is 11.1 Å². The molecule has 6 rings (SSSR count). The van der Waals surface area contributed by atoms with Crippen molar-refractivity contribution in [3.8, 4) is 11.5 Å². The summed E-state index contributed by atoms with van der Waals surface area (Å²) in [5.41, 5.74) is 2.29. The molecule has 4 aromatic rings. The molecule has 0 spiro atoms. The molecule has 13 heteroatoms. The Morgan fingerprint density at radius 1 is 1.04 bits per heavy atom. The van der Waals surface area contributed by atoms with Crippen molar-refractivity contribution < 1.29 is 37.5 Å². The number of aryl methyl sites for hydroxylation is 1. The molecule has 4 bridgehead atoms. The van der Waals surface area contributed by atoms with E-state index in [2.05, 4.69) is 15.6 Å². The minimum Gasteiger partial charge on any atom is -0.457 e. The number of oxazole rings is 1. The molecule has 50 heavy (non-hydrogen) atoms. The van der Waals surface area contributed by atoms with Crippen LogP contribution < -0.4 is 15.4 Å². The summed E-state index contributed by atoms with van der Waals surface area (Å²) >= 11 is 0. The molecule has 3 heterocycles. The number of halogens is 1. The number of aromatic nitrogens is 1. The third kappa shape index (κ3) is 7.94. The largest absolute Gasteiger partial charge is 0.457 e. The van der Waals surface area contributed by atoms with Gasteiger partial charge in [0, 0.05) is 55.9 Å². The molecule has 4 amide bonds. The van der Waals surface area contributed by atoms with Gasteiger partial charge in [-0.3, -0.25) is 19.2 Å². The Labute approximate surface area is 288 Å². The summed E-state index contributed by atoms with van der Waals surface area (Å²) in [6.45, 7) is 8.21. The number of nitrogens with one attached hydrogen (secondary N) is 2. The number of amides is 4. The minimum atomic E-state index is -0.644. The summed E-state index contributed by atoms with van der Waals surface area (Å²) in [4.78, 5) is 61.5. The number of hydrogen-bond acceptors (Lipinski definition) is 8. The maximum Gasteiger partial charge on any atom is 0.254 e. The molecule has 12 nitrogen and oxygen atoms in total. The SMILES string of the molecule is CCCN1CC(=O)N[C@@H]2CN(C(=O)c3ccc4nc(C)oc4c3)C[C@H]2OCc2cc(F)cc(c2)Oc2cc(C(=O)NCC(C)C)cc(c2)C1=O. The number of fused-ring (bicyclic) bond motifs is 6. The van der Waals surface area contributed by atoms with Gasteiger partial charge in [0.2, 0.25) is 5.91 Å². The molecule has 0 saturated carbocycles. The van der Waals surface area contributed by atoms with Crippen LogP contribution in [0.2, 0.25) is 0 Å². The van der Waals surface area contributed by atoms with Gasteiger partial charge in [-0.1, -0.05) is 20.8 Å². The average molecular weight is 686 g/mol. The van der Waals surface area contributed by atoms with E-state index in [1.165, 1.54) is 35.2 Å². The van der Waals surface area contributed by atoms with Crippen LogP contribution in [0.4, 0.5) is 4.39 Å². The lowest BCUT2D eigenvalue weighted by molar-refractivity contribution is -0.123. The number of hydrogen-bond donors (Lipinski definition) is 2. The highest BCUT2D eigenvalue weighted by Gasteiger charge is 2.38. The first-order valence-corrected chi connectivity index (χ1v) is 16.7. The van der Waals surface area contributed by atoms with Crippen LogP contribution in [0.1, 0.15) is 69.7 Å². The molecule has 1 aromatic heterocycles. The van der Waals surface area contributed by atoms with Crippen LogP contribution in [0, 0.1) is 18.7 Å². The van der Waals surface area contributed by atoms with E-state index in [0.29, 0.717) is 41.1 Å². The Bertz CT molecular complexity index is 1940. The van der Waals surface area contributed by atoms with Crippen LogP contribution in [0.3, 0.4) is 0 Å². The van der Waals surface area contributed by atoms with Crippen molar-refractivity contribution in [1.82, 2.24) is 25.4 Å². The van der Waals surface area contributed by atoms with E-state index >= 15 is 0 Å². The zero-order valence-corrected chi connectivity index (χ0v) is 28.5. The van der Waals surface area contributed by atoms with E-state index in [9.17, 15) is 23.6 Å². The molecule has 2 aliphatic rings. The smallest absolute Gasteiger partial charge is 0.254 e. The van der Waals surface area contributed by atoms with Crippen molar-refractivity contribution in [2.75, 3.05) is 32.7 Å². The van der Waals surface area contributed by atoms with Crippen molar-refractivity contribution in [3.05, 3.63) is 88.6 Å². The van der Waals surface area contributed by atoms with Gasteiger partial charge in [0.1, 0.15) is 22.8 Å². The summed E-state index contributed by atoms with van der Waals surface area (Å²) < 4.78 is 32.8. The highest BCUT2D eigenvalue weighted by Crippen LogP contribution is 2.28. The normalized spacial score (nSPS) is 18.2. The predicted molar refractivity (Wildman–Crippen MR) is 181 cm³/mol. The number of benzene rings is 3. The quantitative estimate of drug-likeness (QED) is 0.294. The highest BCUT2D eigenvalue weighted by molar-refractivity contribution is 6.01. The average Bonchev–Trinajstić information content (AvgIpc) is 3.65. The Kier molecular flexibility index (Phi) is 10.1. The van der Waals surface area contributed by atoms with Gasteiger partial charge in [0.05, 0.1) is 25.3 Å². The second-order valence-corrected chi connectivity index (χ2v) is 13.1. The number of ether oxygens (including phenoxy) is 2. The third-order valence-corrected chi connectivity index (χ3v) is 8.47. The molecule has 1 saturated heterocycles. The zero-order chi connectivity index (χ0) is 35.5. The van der Waals surface area contributed by atoms with E-state index in [-0.39, 0.29) is 67.2 Å². The van der Waals surface area contributed by atoms with Gasteiger partial charge in [-0.2, -0.15) is 0 Å². The summed E-state index contributed by atoms with van der Waals surface area (Å²) in [5.74, 6) is -1.21. The third-order valence-electron chi connectivity index (χ3n) is 8.47. The number of nitrogens with zero attached hydrogens (tertiary/aromatic N) is 3. The van der Waals surface area contributed by atoms with Gasteiger partial charge in [0.25, 0.3) is 17.7 Å². The second-order valence-electron chi connectivity index (χ2n) is 13.1. The summed E-state index contributed by atoms with van der Waals surface area (Å²) in [6, 6.07) is 12.9. The monoisotopic (exact) mass is 685 g/mol. The summed E-state index contributed by atoms with van der Waals surface area (Å²) in [7, 11) is 0. The summed E-state index contributed by atoms with van der Waals surface area (Å²) in [5, 5.41) is 5.83.